The van der Waals surface area contributed by atoms with Gasteiger partial charge in [-0.15, -0.1) is 0 Å². The zero-order chi connectivity index (χ0) is 17.7. The second kappa shape index (κ2) is 7.64. The van der Waals surface area contributed by atoms with E-state index < -0.39 is 11.9 Å². The van der Waals surface area contributed by atoms with Crippen molar-refractivity contribution in [3.63, 3.8) is 0 Å². The Morgan fingerprint density at radius 2 is 1.75 bits per heavy atom. The lowest BCUT2D eigenvalue weighted by Gasteiger charge is -2.13. The smallest absolute Gasteiger partial charge is 0.310 e. The highest BCUT2D eigenvalue weighted by Gasteiger charge is 2.14. The Balaban J connectivity index is 2.00. The molecule has 0 aromatic heterocycles. The van der Waals surface area contributed by atoms with Gasteiger partial charge >= 0.3 is 5.97 Å². The molecule has 0 heterocycles. The highest BCUT2D eigenvalue weighted by Crippen LogP contribution is 2.22. The molecular weight excluding hydrogens is 306 g/mol. The van der Waals surface area contributed by atoms with E-state index in [-0.39, 0.29) is 12.5 Å². The molecule has 24 heavy (non-hydrogen) atoms. The minimum absolute atomic E-state index is 0.107. The number of anilines is 1. The highest BCUT2D eigenvalue weighted by molar-refractivity contribution is 5.92. The van der Waals surface area contributed by atoms with Gasteiger partial charge in [-0.05, 0) is 49.6 Å². The fraction of sp³-hybridized carbons (Fsp3) is 0.263. The van der Waals surface area contributed by atoms with Gasteiger partial charge in [0.15, 0.2) is 6.61 Å². The fourth-order valence-corrected chi connectivity index (χ4v) is 2.39. The monoisotopic (exact) mass is 327 g/mol. The largest absolute Gasteiger partial charge is 0.483 e. The molecule has 5 heteroatoms. The molecule has 5 nitrogen and oxygen atoms in total. The zero-order valence-corrected chi connectivity index (χ0v) is 14.0. The van der Waals surface area contributed by atoms with Crippen LogP contribution < -0.4 is 10.1 Å². The maximum absolute atomic E-state index is 12.1. The van der Waals surface area contributed by atoms with E-state index in [9.17, 15) is 9.59 Å². The molecule has 2 N–H and O–H groups in total. The molecule has 0 fully saturated rings. The highest BCUT2D eigenvalue weighted by atomic mass is 16.5. The molecule has 1 amide bonds. The summed E-state index contributed by atoms with van der Waals surface area (Å²) >= 11 is 0. The molecule has 0 aliphatic carbocycles. The van der Waals surface area contributed by atoms with E-state index in [1.807, 2.05) is 32.0 Å². The van der Waals surface area contributed by atoms with Crippen molar-refractivity contribution in [1.29, 1.82) is 0 Å². The molecule has 2 aromatic carbocycles. The topological polar surface area (TPSA) is 75.6 Å². The van der Waals surface area contributed by atoms with Gasteiger partial charge in [0.25, 0.3) is 5.91 Å². The maximum Gasteiger partial charge on any atom is 0.310 e. The SMILES string of the molecule is Cc1cccc(C)c1OCC(=O)Nc1cccc(C(C)C(=O)O)c1. The van der Waals surface area contributed by atoms with Gasteiger partial charge in [0.1, 0.15) is 5.75 Å². The van der Waals surface area contributed by atoms with E-state index in [2.05, 4.69) is 5.32 Å². The number of nitrogens with one attached hydrogen (secondary N) is 1. The molecule has 0 aliphatic heterocycles. The van der Waals surface area contributed by atoms with E-state index in [1.165, 1.54) is 0 Å². The lowest BCUT2D eigenvalue weighted by Crippen LogP contribution is -2.21. The van der Waals surface area contributed by atoms with Crippen LogP contribution in [0.4, 0.5) is 5.69 Å². The van der Waals surface area contributed by atoms with Gasteiger partial charge in [-0.2, -0.15) is 0 Å². The Morgan fingerprint density at radius 3 is 2.38 bits per heavy atom. The summed E-state index contributed by atoms with van der Waals surface area (Å²) in [5.41, 5.74) is 3.13. The van der Waals surface area contributed by atoms with Crippen LogP contribution in [0.1, 0.15) is 29.5 Å². The van der Waals surface area contributed by atoms with Gasteiger partial charge in [0.2, 0.25) is 0 Å². The first-order valence-electron chi connectivity index (χ1n) is 7.70. The number of aryl methyl sites for hydroxylation is 2. The number of rotatable bonds is 6. The average Bonchev–Trinajstić information content (AvgIpc) is 2.53. The summed E-state index contributed by atoms with van der Waals surface area (Å²) in [7, 11) is 0. The number of ether oxygens (including phenoxy) is 1. The van der Waals surface area contributed by atoms with Crippen LogP contribution in [0.3, 0.4) is 0 Å². The summed E-state index contributed by atoms with van der Waals surface area (Å²) in [5, 5.41) is 11.8. The van der Waals surface area contributed by atoms with Crippen molar-refractivity contribution >= 4 is 17.6 Å². The maximum atomic E-state index is 12.1. The number of aliphatic carboxylic acids is 1. The first kappa shape index (κ1) is 17.5. The molecule has 0 aliphatic rings. The normalized spacial score (nSPS) is 11.6. The summed E-state index contributed by atoms with van der Waals surface area (Å²) in [4.78, 5) is 23.1. The number of amides is 1. The molecule has 0 saturated carbocycles. The number of carbonyl (C=O) groups excluding carboxylic acids is 1. The van der Waals surface area contributed by atoms with Gasteiger partial charge < -0.3 is 15.2 Å². The second-order valence-electron chi connectivity index (χ2n) is 5.74. The van der Waals surface area contributed by atoms with Gasteiger partial charge in [-0.3, -0.25) is 9.59 Å². The van der Waals surface area contributed by atoms with Crippen LogP contribution in [0.25, 0.3) is 0 Å². The Bertz CT molecular complexity index is 735. The molecule has 1 atom stereocenters. The summed E-state index contributed by atoms with van der Waals surface area (Å²) in [5.74, 6) is -1.12. The molecule has 1 unspecified atom stereocenters. The van der Waals surface area contributed by atoms with E-state index in [1.54, 1.807) is 31.2 Å². The zero-order valence-electron chi connectivity index (χ0n) is 14.0. The number of carboxylic acid groups (broad SMARTS) is 1. The summed E-state index contributed by atoms with van der Waals surface area (Å²) in [6.45, 7) is 5.35. The van der Waals surface area contributed by atoms with Crippen molar-refractivity contribution in [1.82, 2.24) is 0 Å². The van der Waals surface area contributed by atoms with Crippen LogP contribution in [0.15, 0.2) is 42.5 Å². The third-order valence-electron chi connectivity index (χ3n) is 3.80. The Labute approximate surface area is 141 Å². The van der Waals surface area contributed by atoms with Crippen molar-refractivity contribution < 1.29 is 19.4 Å². The first-order chi connectivity index (χ1) is 11.4. The van der Waals surface area contributed by atoms with Gasteiger partial charge in [0, 0.05) is 5.69 Å². The third kappa shape index (κ3) is 4.35. The lowest BCUT2D eigenvalue weighted by molar-refractivity contribution is -0.138. The molecular formula is C19H21NO4. The van der Waals surface area contributed by atoms with Gasteiger partial charge in [-0.25, -0.2) is 0 Å². The van der Waals surface area contributed by atoms with Crippen LogP contribution in [0.2, 0.25) is 0 Å². The van der Waals surface area contributed by atoms with E-state index in [0.717, 1.165) is 11.1 Å². The quantitative estimate of drug-likeness (QED) is 0.851. The Kier molecular flexibility index (Phi) is 5.58. The summed E-state index contributed by atoms with van der Waals surface area (Å²) in [6, 6.07) is 12.6. The standard InChI is InChI=1S/C19H21NO4/c1-12-6-4-7-13(2)18(12)24-11-17(21)20-16-9-5-8-15(10-16)14(3)19(22)23/h4-10,14H,11H2,1-3H3,(H,20,21)(H,22,23). The van der Waals surface area contributed by atoms with Crippen LogP contribution >= 0.6 is 0 Å². The predicted octanol–water partition coefficient (Wildman–Crippen LogP) is 3.51. The number of carboxylic acids is 1. The Morgan fingerprint density at radius 1 is 1.12 bits per heavy atom. The molecule has 0 spiro atoms. The number of benzene rings is 2. The average molecular weight is 327 g/mol. The molecule has 0 bridgehead atoms. The Hall–Kier alpha value is -2.82. The third-order valence-corrected chi connectivity index (χ3v) is 3.80. The number of para-hydroxylation sites is 1. The summed E-state index contributed by atoms with van der Waals surface area (Å²) in [6.07, 6.45) is 0. The second-order valence-corrected chi connectivity index (χ2v) is 5.74. The van der Waals surface area contributed by atoms with E-state index in [4.69, 9.17) is 9.84 Å². The molecule has 2 rings (SSSR count). The molecule has 0 radical (unpaired) electrons. The molecule has 0 saturated heterocycles. The lowest BCUT2D eigenvalue weighted by atomic mass is 10.0. The van der Waals surface area contributed by atoms with E-state index >= 15 is 0 Å². The number of carbonyl (C=O) groups is 2. The first-order valence-corrected chi connectivity index (χ1v) is 7.70. The van der Waals surface area contributed by atoms with Crippen LogP contribution in [0.5, 0.6) is 5.75 Å². The van der Waals surface area contributed by atoms with Crippen molar-refractivity contribution in [2.75, 3.05) is 11.9 Å². The predicted molar refractivity (Wildman–Crippen MR) is 92.5 cm³/mol. The van der Waals surface area contributed by atoms with Crippen LogP contribution in [0, 0.1) is 13.8 Å². The fourth-order valence-electron chi connectivity index (χ4n) is 2.39. The molecule has 2 aromatic rings. The minimum Gasteiger partial charge on any atom is -0.483 e. The van der Waals surface area contributed by atoms with Crippen molar-refractivity contribution in [2.24, 2.45) is 0 Å². The van der Waals surface area contributed by atoms with E-state index in [0.29, 0.717) is 17.0 Å². The van der Waals surface area contributed by atoms with Crippen LogP contribution in [-0.4, -0.2) is 23.6 Å². The van der Waals surface area contributed by atoms with Crippen molar-refractivity contribution in [2.45, 2.75) is 26.7 Å². The summed E-state index contributed by atoms with van der Waals surface area (Å²) < 4.78 is 5.61. The number of hydrogen-bond donors (Lipinski definition) is 2. The van der Waals surface area contributed by atoms with Gasteiger partial charge in [0.05, 0.1) is 5.92 Å². The van der Waals surface area contributed by atoms with Crippen molar-refractivity contribution in [3.8, 4) is 5.75 Å². The van der Waals surface area contributed by atoms with Crippen molar-refractivity contribution in [3.05, 3.63) is 59.2 Å². The molecule has 126 valence electrons. The van der Waals surface area contributed by atoms with Crippen LogP contribution in [-0.2, 0) is 9.59 Å². The minimum atomic E-state index is -0.906. The van der Waals surface area contributed by atoms with Gasteiger partial charge in [-0.1, -0.05) is 30.3 Å². The number of hydrogen-bond acceptors (Lipinski definition) is 3.